The van der Waals surface area contributed by atoms with Crippen LogP contribution in [0.4, 0.5) is 0 Å². The fraction of sp³-hybridized carbons (Fsp3) is 0.900. The number of hydrogen-bond acceptors (Lipinski definition) is 4. The molecule has 0 heterocycles. The van der Waals surface area contributed by atoms with E-state index in [2.05, 4.69) is 13.8 Å². The van der Waals surface area contributed by atoms with Crippen LogP contribution in [0.15, 0.2) is 0 Å². The monoisotopic (exact) mass is 729 g/mol. The van der Waals surface area contributed by atoms with Crippen LogP contribution < -0.4 is 0 Å². The van der Waals surface area contributed by atoms with Crippen molar-refractivity contribution in [1.29, 1.82) is 0 Å². The van der Waals surface area contributed by atoms with Crippen LogP contribution in [0.2, 0.25) is 0 Å². The quantitative estimate of drug-likeness (QED) is 0.0372. The molecule has 0 aromatic carbocycles. The maximum atomic E-state index is 10.3. The fourth-order valence-corrected chi connectivity index (χ4v) is 5.51. The molecule has 0 saturated carbocycles. The predicted octanol–water partition coefficient (Wildman–Crippen LogP) is 11.7. The van der Waals surface area contributed by atoms with E-state index in [1.165, 1.54) is 167 Å². The Labute approximate surface area is 331 Å². The maximum absolute atomic E-state index is 10.3. The van der Waals surface area contributed by atoms with Crippen LogP contribution in [0.5, 0.6) is 0 Å². The second-order valence-electron chi connectivity index (χ2n) is 13.5. The number of carboxylic acid groups (broad SMARTS) is 4. The zero-order chi connectivity index (χ0) is 36.4. The van der Waals surface area contributed by atoms with Gasteiger partial charge in [0.15, 0.2) is 0 Å². The van der Waals surface area contributed by atoms with E-state index in [1.807, 2.05) is 0 Å². The van der Waals surface area contributed by atoms with Gasteiger partial charge in [-0.25, -0.2) is 0 Å². The molecule has 0 bridgehead atoms. The first-order valence-corrected chi connectivity index (χ1v) is 20.0. The Bertz CT molecular complexity index is 644. The van der Waals surface area contributed by atoms with E-state index in [0.29, 0.717) is 12.8 Å². The summed E-state index contributed by atoms with van der Waals surface area (Å²) in [6.07, 6.45) is 39.8. The third kappa shape index (κ3) is 66.0. The standard InChI is InChI=1S/2C18H36O2.C4H6O4.Ca.2H/c2*1-2-3-4-5-6-7-8-9-10-11-12-13-14-15-16-17-18(19)20;5-3(6)1-2-4(7)8;;;/h2*2-17H2,1H3,(H,19,20);1-2H2,(H,5,6)(H,7,8);;;. The Kier molecular flexibility index (Phi) is 55.2. The average molecular weight is 729 g/mol. The van der Waals surface area contributed by atoms with Crippen LogP contribution >= 0.6 is 0 Å². The number of carboxylic acids is 4. The number of unbranched alkanes of at least 4 members (excludes halogenated alkanes) is 28. The molecule has 0 aliphatic heterocycles. The minimum absolute atomic E-state index is 0. The molecule has 49 heavy (non-hydrogen) atoms. The van der Waals surface area contributed by atoms with E-state index >= 15 is 0 Å². The molecule has 0 rings (SSSR count). The average Bonchev–Trinajstić information content (AvgIpc) is 3.04. The normalized spacial score (nSPS) is 10.2. The van der Waals surface area contributed by atoms with Crippen LogP contribution in [0, 0.1) is 0 Å². The molecular weight excluding hydrogens is 649 g/mol. The van der Waals surface area contributed by atoms with Gasteiger partial charge in [-0.2, -0.15) is 0 Å². The number of hydrogen-bond donors (Lipinski definition) is 4. The molecule has 9 heteroatoms. The van der Waals surface area contributed by atoms with Crippen molar-refractivity contribution in [3.05, 3.63) is 0 Å². The summed E-state index contributed by atoms with van der Waals surface area (Å²) in [5.74, 6) is -3.46. The van der Waals surface area contributed by atoms with Crippen LogP contribution in [-0.4, -0.2) is 82.0 Å². The first-order chi connectivity index (χ1) is 23.2. The van der Waals surface area contributed by atoms with Crippen molar-refractivity contribution in [2.45, 2.75) is 232 Å². The Morgan fingerprint density at radius 3 is 0.551 bits per heavy atom. The van der Waals surface area contributed by atoms with Gasteiger partial charge in [0.2, 0.25) is 0 Å². The Hall–Kier alpha value is -0.860. The van der Waals surface area contributed by atoms with E-state index < -0.39 is 23.9 Å². The fourth-order valence-electron chi connectivity index (χ4n) is 5.51. The Morgan fingerprint density at radius 2 is 0.408 bits per heavy atom. The number of carbonyl (C=O) groups is 4. The van der Waals surface area contributed by atoms with Gasteiger partial charge < -0.3 is 20.4 Å². The molecule has 4 N–H and O–H groups in total. The summed E-state index contributed by atoms with van der Waals surface area (Å²) in [6, 6.07) is 0. The summed E-state index contributed by atoms with van der Waals surface area (Å²) >= 11 is 0. The van der Waals surface area contributed by atoms with Gasteiger partial charge in [-0.05, 0) is 12.8 Å². The topological polar surface area (TPSA) is 149 Å². The molecule has 0 radical (unpaired) electrons. The molecule has 0 aliphatic rings. The molecule has 0 fully saturated rings. The van der Waals surface area contributed by atoms with Crippen LogP contribution in [-0.2, 0) is 19.2 Å². The van der Waals surface area contributed by atoms with E-state index in [4.69, 9.17) is 20.4 Å². The van der Waals surface area contributed by atoms with Crippen molar-refractivity contribution in [3.63, 3.8) is 0 Å². The molecule has 0 aliphatic carbocycles. The van der Waals surface area contributed by atoms with Crippen molar-refractivity contribution < 1.29 is 39.6 Å². The second kappa shape index (κ2) is 49.3. The molecular formula is C40H80CaO8. The zero-order valence-corrected chi connectivity index (χ0v) is 31.5. The Morgan fingerprint density at radius 1 is 0.265 bits per heavy atom. The van der Waals surface area contributed by atoms with Gasteiger partial charge in [-0.1, -0.05) is 194 Å². The van der Waals surface area contributed by atoms with Crippen LogP contribution in [0.1, 0.15) is 232 Å². The summed E-state index contributed by atoms with van der Waals surface area (Å²) < 4.78 is 0. The zero-order valence-electron chi connectivity index (χ0n) is 31.5. The van der Waals surface area contributed by atoms with Crippen LogP contribution in [0.25, 0.3) is 0 Å². The molecule has 0 unspecified atom stereocenters. The van der Waals surface area contributed by atoms with Crippen molar-refractivity contribution in [3.8, 4) is 0 Å². The predicted molar refractivity (Wildman–Crippen MR) is 207 cm³/mol. The SMILES string of the molecule is CCCCCCCCCCCCCCCCCC(=O)O.CCCCCCCCCCCCCCCCCC(=O)O.O=C(O)CCC(=O)O.[CaH2]. The van der Waals surface area contributed by atoms with Gasteiger partial charge in [0.1, 0.15) is 0 Å². The van der Waals surface area contributed by atoms with E-state index in [0.717, 1.165) is 25.7 Å². The third-order valence-electron chi connectivity index (χ3n) is 8.54. The minimum atomic E-state index is -1.08. The second-order valence-corrected chi connectivity index (χ2v) is 13.5. The van der Waals surface area contributed by atoms with Gasteiger partial charge in [0.05, 0.1) is 12.8 Å². The molecule has 0 amide bonds. The molecule has 8 nitrogen and oxygen atoms in total. The van der Waals surface area contributed by atoms with E-state index in [-0.39, 0.29) is 50.6 Å². The van der Waals surface area contributed by atoms with Crippen molar-refractivity contribution in [2.75, 3.05) is 0 Å². The molecule has 0 atom stereocenters. The van der Waals surface area contributed by atoms with Crippen molar-refractivity contribution in [1.82, 2.24) is 0 Å². The molecule has 0 spiro atoms. The van der Waals surface area contributed by atoms with Crippen LogP contribution in [0.3, 0.4) is 0 Å². The number of rotatable bonds is 35. The number of aliphatic carboxylic acids is 4. The molecule has 290 valence electrons. The molecule has 0 aromatic rings. The summed E-state index contributed by atoms with van der Waals surface area (Å²) in [5.41, 5.74) is 0. The van der Waals surface area contributed by atoms with Gasteiger partial charge in [0.25, 0.3) is 0 Å². The first-order valence-electron chi connectivity index (χ1n) is 20.0. The van der Waals surface area contributed by atoms with Gasteiger partial charge in [-0.3, -0.25) is 19.2 Å². The van der Waals surface area contributed by atoms with Crippen molar-refractivity contribution >= 4 is 61.6 Å². The van der Waals surface area contributed by atoms with Gasteiger partial charge in [0, 0.05) is 12.8 Å². The van der Waals surface area contributed by atoms with Gasteiger partial charge in [-0.15, -0.1) is 0 Å². The summed E-state index contributed by atoms with van der Waals surface area (Å²) in [4.78, 5) is 39.9. The first kappa shape index (κ1) is 54.9. The Balaban J connectivity index is -0.000000333. The summed E-state index contributed by atoms with van der Waals surface area (Å²) in [7, 11) is 0. The third-order valence-corrected chi connectivity index (χ3v) is 8.54. The summed E-state index contributed by atoms with van der Waals surface area (Å²) in [5, 5.41) is 32.8. The summed E-state index contributed by atoms with van der Waals surface area (Å²) in [6.45, 7) is 4.54. The van der Waals surface area contributed by atoms with E-state index in [9.17, 15) is 19.2 Å². The molecule has 0 aromatic heterocycles. The molecule has 0 saturated heterocycles. The van der Waals surface area contributed by atoms with Gasteiger partial charge >= 0.3 is 61.6 Å². The van der Waals surface area contributed by atoms with Crippen molar-refractivity contribution in [2.24, 2.45) is 0 Å². The van der Waals surface area contributed by atoms with E-state index in [1.54, 1.807) is 0 Å².